The zero-order valence-corrected chi connectivity index (χ0v) is 12.7. The van der Waals surface area contributed by atoms with E-state index in [1.165, 1.54) is 0 Å². The van der Waals surface area contributed by atoms with Gasteiger partial charge in [0.15, 0.2) is 9.84 Å². The molecule has 0 aliphatic carbocycles. The maximum Gasteiger partial charge on any atom is 0.181 e. The van der Waals surface area contributed by atoms with Crippen molar-refractivity contribution < 1.29 is 13.2 Å². The number of ether oxygens (including phenoxy) is 1. The van der Waals surface area contributed by atoms with E-state index in [0.29, 0.717) is 17.9 Å². The number of halogens is 1. The quantitative estimate of drug-likeness (QED) is 0.574. The van der Waals surface area contributed by atoms with Crippen LogP contribution < -0.4 is 0 Å². The Morgan fingerprint density at radius 1 is 1.37 bits per heavy atom. The standard InChI is InChI=1S/C14H19ClO3S/c1-12(10-13(15)11-18-2)8-9-19(16,17)14-6-4-3-5-7-14/h3-8,13H,9-11H2,1-2H3/b12-8+. The number of allylic oxidation sites excluding steroid dienone is 1. The second-order valence-electron chi connectivity index (χ2n) is 4.40. The summed E-state index contributed by atoms with van der Waals surface area (Å²) in [6.45, 7) is 2.34. The molecule has 0 saturated carbocycles. The minimum Gasteiger partial charge on any atom is -0.383 e. The smallest absolute Gasteiger partial charge is 0.181 e. The molecule has 19 heavy (non-hydrogen) atoms. The highest BCUT2D eigenvalue weighted by atomic mass is 35.5. The van der Waals surface area contributed by atoms with Gasteiger partial charge in [-0.05, 0) is 25.5 Å². The molecule has 1 rings (SSSR count). The lowest BCUT2D eigenvalue weighted by Crippen LogP contribution is -2.09. The van der Waals surface area contributed by atoms with Crippen molar-refractivity contribution in [2.75, 3.05) is 19.5 Å². The highest BCUT2D eigenvalue weighted by Crippen LogP contribution is 2.14. The summed E-state index contributed by atoms with van der Waals surface area (Å²) in [6, 6.07) is 8.44. The number of rotatable bonds is 7. The molecule has 0 spiro atoms. The largest absolute Gasteiger partial charge is 0.383 e. The van der Waals surface area contributed by atoms with Crippen molar-refractivity contribution in [1.82, 2.24) is 0 Å². The molecule has 0 heterocycles. The molecule has 1 atom stereocenters. The van der Waals surface area contributed by atoms with Crippen LogP contribution in [0.25, 0.3) is 0 Å². The molecule has 0 aliphatic rings. The molecule has 1 aromatic rings. The zero-order valence-electron chi connectivity index (χ0n) is 11.2. The Balaban J connectivity index is 2.65. The average Bonchev–Trinajstić information content (AvgIpc) is 2.38. The first kappa shape index (κ1) is 16.2. The summed E-state index contributed by atoms with van der Waals surface area (Å²) in [5.74, 6) is -0.000558. The van der Waals surface area contributed by atoms with Crippen LogP contribution in [0.4, 0.5) is 0 Å². The van der Waals surface area contributed by atoms with Gasteiger partial charge in [0.2, 0.25) is 0 Å². The fourth-order valence-corrected chi connectivity index (χ4v) is 3.29. The first-order chi connectivity index (χ1) is 8.95. The van der Waals surface area contributed by atoms with Crippen LogP contribution in [0.5, 0.6) is 0 Å². The lowest BCUT2D eigenvalue weighted by molar-refractivity contribution is 0.197. The molecule has 0 aromatic heterocycles. The van der Waals surface area contributed by atoms with Crippen LogP contribution in [0.2, 0.25) is 0 Å². The summed E-state index contributed by atoms with van der Waals surface area (Å²) in [5.41, 5.74) is 0.955. The number of hydrogen-bond donors (Lipinski definition) is 0. The fraction of sp³-hybridized carbons (Fsp3) is 0.429. The van der Waals surface area contributed by atoms with Gasteiger partial charge < -0.3 is 4.74 Å². The molecule has 106 valence electrons. The third-order valence-electron chi connectivity index (χ3n) is 2.64. The SMILES string of the molecule is COCC(Cl)C/C(C)=C/CS(=O)(=O)c1ccccc1. The van der Waals surface area contributed by atoms with Crippen LogP contribution in [0.1, 0.15) is 13.3 Å². The number of sulfone groups is 1. The van der Waals surface area contributed by atoms with Crippen LogP contribution in [-0.4, -0.2) is 33.3 Å². The topological polar surface area (TPSA) is 43.4 Å². The predicted octanol–water partition coefficient (Wildman–Crippen LogP) is 3.05. The van der Waals surface area contributed by atoms with E-state index in [-0.39, 0.29) is 11.1 Å². The van der Waals surface area contributed by atoms with Crippen molar-refractivity contribution >= 4 is 21.4 Å². The Hall–Kier alpha value is -0.840. The molecule has 0 saturated heterocycles. The zero-order chi connectivity index (χ0) is 14.3. The van der Waals surface area contributed by atoms with Gasteiger partial charge in [-0.3, -0.25) is 0 Å². The highest BCUT2D eigenvalue weighted by Gasteiger charge is 2.12. The van der Waals surface area contributed by atoms with Crippen LogP contribution in [0, 0.1) is 0 Å². The molecule has 0 radical (unpaired) electrons. The van der Waals surface area contributed by atoms with Gasteiger partial charge >= 0.3 is 0 Å². The minimum atomic E-state index is -3.25. The number of benzene rings is 1. The predicted molar refractivity (Wildman–Crippen MR) is 78.4 cm³/mol. The highest BCUT2D eigenvalue weighted by molar-refractivity contribution is 7.91. The van der Waals surface area contributed by atoms with E-state index >= 15 is 0 Å². The third kappa shape index (κ3) is 5.76. The molecular weight excluding hydrogens is 284 g/mol. The van der Waals surface area contributed by atoms with Gasteiger partial charge in [-0.15, -0.1) is 11.6 Å². The van der Waals surface area contributed by atoms with Gasteiger partial charge in [-0.1, -0.05) is 29.8 Å². The molecule has 0 fully saturated rings. The van der Waals surface area contributed by atoms with Crippen LogP contribution in [-0.2, 0) is 14.6 Å². The maximum atomic E-state index is 12.0. The normalized spacial score (nSPS) is 14.4. The molecule has 0 amide bonds. The van der Waals surface area contributed by atoms with Gasteiger partial charge in [0.25, 0.3) is 0 Å². The summed E-state index contributed by atoms with van der Waals surface area (Å²) in [7, 11) is -1.66. The summed E-state index contributed by atoms with van der Waals surface area (Å²) in [6.07, 6.45) is 2.34. The van der Waals surface area contributed by atoms with Gasteiger partial charge in [-0.25, -0.2) is 8.42 Å². The van der Waals surface area contributed by atoms with E-state index in [9.17, 15) is 8.42 Å². The average molecular weight is 303 g/mol. The van der Waals surface area contributed by atoms with E-state index < -0.39 is 9.84 Å². The monoisotopic (exact) mass is 302 g/mol. The molecule has 0 bridgehead atoms. The Kier molecular flexibility index (Phi) is 6.55. The van der Waals surface area contributed by atoms with Crippen molar-refractivity contribution in [3.8, 4) is 0 Å². The van der Waals surface area contributed by atoms with Gasteiger partial charge in [0.05, 0.1) is 22.6 Å². The first-order valence-electron chi connectivity index (χ1n) is 6.02. The fourth-order valence-electron chi connectivity index (χ4n) is 1.65. The second-order valence-corrected chi connectivity index (χ2v) is 7.05. The van der Waals surface area contributed by atoms with Gasteiger partial charge in [-0.2, -0.15) is 0 Å². The van der Waals surface area contributed by atoms with Gasteiger partial charge in [0, 0.05) is 7.11 Å². The lowest BCUT2D eigenvalue weighted by Gasteiger charge is -2.08. The van der Waals surface area contributed by atoms with Gasteiger partial charge in [0.1, 0.15) is 0 Å². The number of methoxy groups -OCH3 is 1. The number of alkyl halides is 1. The van der Waals surface area contributed by atoms with E-state index in [2.05, 4.69) is 0 Å². The molecule has 3 nitrogen and oxygen atoms in total. The Morgan fingerprint density at radius 2 is 2.00 bits per heavy atom. The van der Waals surface area contributed by atoms with E-state index in [1.807, 2.05) is 6.92 Å². The summed E-state index contributed by atoms with van der Waals surface area (Å²) < 4.78 is 29.0. The maximum absolute atomic E-state index is 12.0. The molecule has 1 aromatic carbocycles. The van der Waals surface area contributed by atoms with Crippen molar-refractivity contribution in [2.45, 2.75) is 23.6 Å². The van der Waals surface area contributed by atoms with E-state index in [0.717, 1.165) is 5.57 Å². The first-order valence-corrected chi connectivity index (χ1v) is 8.11. The molecule has 0 N–H and O–H groups in total. The van der Waals surface area contributed by atoms with Crippen molar-refractivity contribution in [3.63, 3.8) is 0 Å². The Labute approximate surface area is 120 Å². The van der Waals surface area contributed by atoms with Crippen LogP contribution in [0.3, 0.4) is 0 Å². The van der Waals surface area contributed by atoms with Crippen molar-refractivity contribution in [2.24, 2.45) is 0 Å². The minimum absolute atomic E-state index is 0.000558. The number of hydrogen-bond acceptors (Lipinski definition) is 3. The summed E-state index contributed by atoms with van der Waals surface area (Å²) >= 11 is 6.03. The Bertz CT molecular complexity index is 509. The molecule has 0 aliphatic heterocycles. The second kappa shape index (κ2) is 7.68. The van der Waals surface area contributed by atoms with Crippen LogP contribution >= 0.6 is 11.6 Å². The summed E-state index contributed by atoms with van der Waals surface area (Å²) in [4.78, 5) is 0.346. The molecule has 1 unspecified atom stereocenters. The van der Waals surface area contributed by atoms with E-state index in [1.54, 1.807) is 43.5 Å². The van der Waals surface area contributed by atoms with Crippen LogP contribution in [0.15, 0.2) is 46.9 Å². The molecular formula is C14H19ClO3S. The van der Waals surface area contributed by atoms with Crippen molar-refractivity contribution in [3.05, 3.63) is 42.0 Å². The summed E-state index contributed by atoms with van der Waals surface area (Å²) in [5, 5.41) is -0.124. The lowest BCUT2D eigenvalue weighted by atomic mass is 10.1. The third-order valence-corrected chi connectivity index (χ3v) is 4.52. The van der Waals surface area contributed by atoms with E-state index in [4.69, 9.17) is 16.3 Å². The Morgan fingerprint density at radius 3 is 2.58 bits per heavy atom. The molecule has 5 heteroatoms. The van der Waals surface area contributed by atoms with Crippen molar-refractivity contribution in [1.29, 1.82) is 0 Å².